The van der Waals surface area contributed by atoms with Crippen LogP contribution in [0.4, 0.5) is 0 Å². The SMILES string of the molecule is CCCc1nc(C(C)(CC)OCC)ncc1CN. The Morgan fingerprint density at radius 2 is 2.06 bits per heavy atom. The molecule has 4 heteroatoms. The maximum atomic E-state index is 5.82. The monoisotopic (exact) mass is 251 g/mol. The minimum absolute atomic E-state index is 0.398. The lowest BCUT2D eigenvalue weighted by Crippen LogP contribution is -2.28. The summed E-state index contributed by atoms with van der Waals surface area (Å²) in [5.74, 6) is 0.771. The molecule has 1 aromatic rings. The van der Waals surface area contributed by atoms with Crippen molar-refractivity contribution in [1.29, 1.82) is 0 Å². The van der Waals surface area contributed by atoms with E-state index in [1.165, 1.54) is 0 Å². The molecular weight excluding hydrogens is 226 g/mol. The van der Waals surface area contributed by atoms with E-state index in [1.54, 1.807) is 0 Å². The van der Waals surface area contributed by atoms with Crippen LogP contribution in [0.2, 0.25) is 0 Å². The first-order valence-electron chi connectivity index (χ1n) is 6.80. The van der Waals surface area contributed by atoms with Gasteiger partial charge in [0.15, 0.2) is 5.82 Å². The van der Waals surface area contributed by atoms with E-state index in [2.05, 4.69) is 23.8 Å². The predicted molar refractivity (Wildman–Crippen MR) is 73.2 cm³/mol. The minimum atomic E-state index is -0.398. The summed E-state index contributed by atoms with van der Waals surface area (Å²) in [4.78, 5) is 9.12. The Morgan fingerprint density at radius 3 is 2.56 bits per heavy atom. The maximum absolute atomic E-state index is 5.82. The van der Waals surface area contributed by atoms with Gasteiger partial charge in [0.2, 0.25) is 0 Å². The first-order chi connectivity index (χ1) is 8.61. The number of aromatic nitrogens is 2. The zero-order chi connectivity index (χ0) is 13.6. The van der Waals surface area contributed by atoms with E-state index < -0.39 is 5.60 Å². The molecule has 0 spiro atoms. The van der Waals surface area contributed by atoms with E-state index in [9.17, 15) is 0 Å². The molecule has 0 radical (unpaired) electrons. The Hall–Kier alpha value is -1.00. The summed E-state index contributed by atoms with van der Waals surface area (Å²) >= 11 is 0. The van der Waals surface area contributed by atoms with Crippen molar-refractivity contribution >= 4 is 0 Å². The highest BCUT2D eigenvalue weighted by Gasteiger charge is 2.28. The van der Waals surface area contributed by atoms with Gasteiger partial charge in [-0.05, 0) is 26.7 Å². The summed E-state index contributed by atoms with van der Waals surface area (Å²) in [5.41, 5.74) is 7.42. The molecule has 0 aliphatic heterocycles. The van der Waals surface area contributed by atoms with Crippen LogP contribution in [0.15, 0.2) is 6.20 Å². The second-order valence-corrected chi connectivity index (χ2v) is 4.64. The highest BCUT2D eigenvalue weighted by molar-refractivity contribution is 5.19. The van der Waals surface area contributed by atoms with Crippen molar-refractivity contribution in [2.45, 2.75) is 59.1 Å². The van der Waals surface area contributed by atoms with E-state index >= 15 is 0 Å². The summed E-state index contributed by atoms with van der Waals surface area (Å²) in [6, 6.07) is 0. The van der Waals surface area contributed by atoms with Gasteiger partial charge < -0.3 is 10.5 Å². The normalized spacial score (nSPS) is 14.5. The topological polar surface area (TPSA) is 61.0 Å². The fourth-order valence-electron chi connectivity index (χ4n) is 1.96. The highest BCUT2D eigenvalue weighted by Crippen LogP contribution is 2.26. The van der Waals surface area contributed by atoms with Gasteiger partial charge in [-0.1, -0.05) is 20.3 Å². The molecule has 2 N–H and O–H groups in total. The Kier molecular flexibility index (Phi) is 5.69. The number of aryl methyl sites for hydroxylation is 1. The molecule has 1 aromatic heterocycles. The molecule has 4 nitrogen and oxygen atoms in total. The smallest absolute Gasteiger partial charge is 0.160 e. The predicted octanol–water partition coefficient (Wildman–Crippen LogP) is 2.55. The third-order valence-corrected chi connectivity index (χ3v) is 3.27. The van der Waals surface area contributed by atoms with Crippen molar-refractivity contribution < 1.29 is 4.74 Å². The number of nitrogens with zero attached hydrogens (tertiary/aromatic N) is 2. The van der Waals surface area contributed by atoms with Gasteiger partial charge in [0.1, 0.15) is 5.60 Å². The molecule has 18 heavy (non-hydrogen) atoms. The standard InChI is InChI=1S/C14H25N3O/c1-5-8-12-11(9-15)10-16-13(17-12)14(4,6-2)18-7-3/h10H,5-9,15H2,1-4H3. The van der Waals surface area contributed by atoms with Crippen molar-refractivity contribution in [3.05, 3.63) is 23.3 Å². The molecule has 0 aliphatic carbocycles. The molecule has 102 valence electrons. The van der Waals surface area contributed by atoms with Crippen LogP contribution < -0.4 is 5.73 Å². The summed E-state index contributed by atoms with van der Waals surface area (Å²) in [6.07, 6.45) is 4.70. The van der Waals surface area contributed by atoms with Gasteiger partial charge in [-0.2, -0.15) is 0 Å². The highest BCUT2D eigenvalue weighted by atomic mass is 16.5. The fraction of sp³-hybridized carbons (Fsp3) is 0.714. The molecule has 0 bridgehead atoms. The zero-order valence-electron chi connectivity index (χ0n) is 12.0. The van der Waals surface area contributed by atoms with Crippen molar-refractivity contribution in [1.82, 2.24) is 9.97 Å². The Morgan fingerprint density at radius 1 is 1.33 bits per heavy atom. The van der Waals surface area contributed by atoms with Gasteiger partial charge >= 0.3 is 0 Å². The number of hydrogen-bond acceptors (Lipinski definition) is 4. The molecule has 0 saturated carbocycles. The van der Waals surface area contributed by atoms with Gasteiger partial charge in [0.25, 0.3) is 0 Å². The first kappa shape index (κ1) is 15.1. The summed E-state index contributed by atoms with van der Waals surface area (Å²) < 4.78 is 5.82. The number of rotatable bonds is 7. The number of ether oxygens (including phenoxy) is 1. The Bertz CT molecular complexity index is 381. The lowest BCUT2D eigenvalue weighted by molar-refractivity contribution is -0.0392. The third-order valence-electron chi connectivity index (χ3n) is 3.27. The Balaban J connectivity index is 3.12. The molecule has 0 saturated heterocycles. The number of hydrogen-bond donors (Lipinski definition) is 1. The van der Waals surface area contributed by atoms with Crippen LogP contribution in [-0.2, 0) is 23.3 Å². The molecular formula is C14H25N3O. The van der Waals surface area contributed by atoms with E-state index in [1.807, 2.05) is 20.0 Å². The second kappa shape index (κ2) is 6.81. The lowest BCUT2D eigenvalue weighted by Gasteiger charge is -2.27. The van der Waals surface area contributed by atoms with E-state index in [-0.39, 0.29) is 0 Å². The average molecular weight is 251 g/mol. The number of nitrogens with two attached hydrogens (primary N) is 1. The summed E-state index contributed by atoms with van der Waals surface area (Å²) in [6.45, 7) is 9.43. The van der Waals surface area contributed by atoms with Gasteiger partial charge in [-0.15, -0.1) is 0 Å². The molecule has 1 rings (SSSR count). The van der Waals surface area contributed by atoms with Crippen LogP contribution in [0.25, 0.3) is 0 Å². The first-order valence-corrected chi connectivity index (χ1v) is 6.80. The second-order valence-electron chi connectivity index (χ2n) is 4.64. The Labute approximate surface area is 110 Å². The van der Waals surface area contributed by atoms with E-state index in [4.69, 9.17) is 10.5 Å². The van der Waals surface area contributed by atoms with Crippen molar-refractivity contribution in [2.75, 3.05) is 6.61 Å². The molecule has 0 aromatic carbocycles. The van der Waals surface area contributed by atoms with Crippen LogP contribution in [0.3, 0.4) is 0 Å². The lowest BCUT2D eigenvalue weighted by atomic mass is 10.0. The molecule has 0 amide bonds. The van der Waals surface area contributed by atoms with Gasteiger partial charge in [-0.3, -0.25) is 0 Å². The summed E-state index contributed by atoms with van der Waals surface area (Å²) in [7, 11) is 0. The van der Waals surface area contributed by atoms with Gasteiger partial charge in [0, 0.05) is 30.6 Å². The molecule has 1 unspecified atom stereocenters. The van der Waals surface area contributed by atoms with Crippen LogP contribution in [-0.4, -0.2) is 16.6 Å². The van der Waals surface area contributed by atoms with Crippen molar-refractivity contribution in [2.24, 2.45) is 5.73 Å². The van der Waals surface area contributed by atoms with E-state index in [0.717, 1.165) is 36.3 Å². The maximum Gasteiger partial charge on any atom is 0.160 e. The van der Waals surface area contributed by atoms with Crippen LogP contribution in [0, 0.1) is 0 Å². The molecule has 0 aliphatic rings. The zero-order valence-corrected chi connectivity index (χ0v) is 12.0. The minimum Gasteiger partial charge on any atom is -0.368 e. The van der Waals surface area contributed by atoms with Crippen LogP contribution in [0.1, 0.15) is 57.6 Å². The van der Waals surface area contributed by atoms with Gasteiger partial charge in [0.05, 0.1) is 0 Å². The fourth-order valence-corrected chi connectivity index (χ4v) is 1.96. The molecule has 1 heterocycles. The largest absolute Gasteiger partial charge is 0.368 e. The molecule has 1 atom stereocenters. The summed E-state index contributed by atoms with van der Waals surface area (Å²) in [5, 5.41) is 0. The van der Waals surface area contributed by atoms with Crippen molar-refractivity contribution in [3.8, 4) is 0 Å². The van der Waals surface area contributed by atoms with Crippen molar-refractivity contribution in [3.63, 3.8) is 0 Å². The van der Waals surface area contributed by atoms with Gasteiger partial charge in [-0.25, -0.2) is 9.97 Å². The molecule has 0 fully saturated rings. The average Bonchev–Trinajstić information content (AvgIpc) is 2.39. The third kappa shape index (κ3) is 3.27. The van der Waals surface area contributed by atoms with Crippen LogP contribution >= 0.6 is 0 Å². The van der Waals surface area contributed by atoms with Crippen LogP contribution in [0.5, 0.6) is 0 Å². The quantitative estimate of drug-likeness (QED) is 0.809. The van der Waals surface area contributed by atoms with E-state index in [0.29, 0.717) is 13.2 Å².